The quantitative estimate of drug-likeness (QED) is 0.509. The van der Waals surface area contributed by atoms with Crippen LogP contribution in [-0.2, 0) is 17.9 Å². The predicted molar refractivity (Wildman–Crippen MR) is 112 cm³/mol. The first-order chi connectivity index (χ1) is 14.6. The van der Waals surface area contributed by atoms with Crippen LogP contribution >= 0.6 is 0 Å². The van der Waals surface area contributed by atoms with E-state index in [9.17, 15) is 14.4 Å². The van der Waals surface area contributed by atoms with Gasteiger partial charge < -0.3 is 20.4 Å². The van der Waals surface area contributed by atoms with E-state index in [0.717, 1.165) is 5.56 Å². The van der Waals surface area contributed by atoms with Crippen molar-refractivity contribution in [2.24, 2.45) is 0 Å². The van der Waals surface area contributed by atoms with E-state index in [4.69, 9.17) is 4.42 Å². The van der Waals surface area contributed by atoms with Crippen molar-refractivity contribution in [1.82, 2.24) is 16.0 Å². The summed E-state index contributed by atoms with van der Waals surface area (Å²) in [5.74, 6) is 0.0574. The number of amides is 3. The summed E-state index contributed by atoms with van der Waals surface area (Å²) in [7, 11) is 0. The fraction of sp³-hybridized carbons (Fsp3) is 0.174. The first kappa shape index (κ1) is 20.9. The molecule has 0 bridgehead atoms. The first-order valence-corrected chi connectivity index (χ1v) is 9.61. The second kappa shape index (κ2) is 10.6. The van der Waals surface area contributed by atoms with Gasteiger partial charge in [-0.25, -0.2) is 0 Å². The van der Waals surface area contributed by atoms with Crippen LogP contribution < -0.4 is 16.0 Å². The molecule has 0 fully saturated rings. The van der Waals surface area contributed by atoms with Gasteiger partial charge in [-0.3, -0.25) is 14.4 Å². The van der Waals surface area contributed by atoms with E-state index in [1.54, 1.807) is 60.9 Å². The Morgan fingerprint density at radius 2 is 1.50 bits per heavy atom. The Kier molecular flexibility index (Phi) is 7.38. The summed E-state index contributed by atoms with van der Waals surface area (Å²) in [5.41, 5.74) is 1.87. The van der Waals surface area contributed by atoms with Crippen LogP contribution in [0.3, 0.4) is 0 Å². The SMILES string of the molecule is O=C(CCNC(=O)c1ccccc1)NCc1cccc(C(=O)NCc2ccco2)c1. The lowest BCUT2D eigenvalue weighted by molar-refractivity contribution is -0.121. The number of carbonyl (C=O) groups excluding carboxylic acids is 3. The molecule has 7 heteroatoms. The summed E-state index contributed by atoms with van der Waals surface area (Å²) in [6, 6.07) is 19.4. The minimum absolute atomic E-state index is 0.169. The third kappa shape index (κ3) is 6.34. The van der Waals surface area contributed by atoms with Crippen LogP contribution in [0.15, 0.2) is 77.4 Å². The summed E-state index contributed by atoms with van der Waals surface area (Å²) >= 11 is 0. The molecule has 0 aliphatic carbocycles. The van der Waals surface area contributed by atoms with Crippen LogP contribution in [0.5, 0.6) is 0 Å². The van der Waals surface area contributed by atoms with E-state index < -0.39 is 0 Å². The molecule has 0 saturated carbocycles. The van der Waals surface area contributed by atoms with Gasteiger partial charge in [0.25, 0.3) is 11.8 Å². The molecule has 0 spiro atoms. The lowest BCUT2D eigenvalue weighted by Crippen LogP contribution is -2.30. The van der Waals surface area contributed by atoms with E-state index in [-0.39, 0.29) is 30.7 Å². The molecule has 0 saturated heterocycles. The number of nitrogens with one attached hydrogen (secondary N) is 3. The van der Waals surface area contributed by atoms with E-state index in [2.05, 4.69) is 16.0 Å². The Bertz CT molecular complexity index is 985. The number of benzene rings is 2. The summed E-state index contributed by atoms with van der Waals surface area (Å²) < 4.78 is 5.19. The average molecular weight is 405 g/mol. The maximum atomic E-state index is 12.3. The summed E-state index contributed by atoms with van der Waals surface area (Å²) in [6.45, 7) is 0.848. The molecule has 0 aliphatic heterocycles. The van der Waals surface area contributed by atoms with Crippen LogP contribution in [0, 0.1) is 0 Å². The van der Waals surface area contributed by atoms with Gasteiger partial charge in [0.2, 0.25) is 5.91 Å². The highest BCUT2D eigenvalue weighted by atomic mass is 16.3. The van der Waals surface area contributed by atoms with Crippen molar-refractivity contribution in [1.29, 1.82) is 0 Å². The van der Waals surface area contributed by atoms with Gasteiger partial charge in [0.1, 0.15) is 5.76 Å². The van der Waals surface area contributed by atoms with Gasteiger partial charge in [-0.2, -0.15) is 0 Å². The molecule has 3 N–H and O–H groups in total. The van der Waals surface area contributed by atoms with E-state index in [1.807, 2.05) is 12.1 Å². The number of hydrogen-bond acceptors (Lipinski definition) is 4. The standard InChI is InChI=1S/C23H23N3O4/c27-21(11-12-24-22(28)18-7-2-1-3-8-18)25-15-17-6-4-9-19(14-17)23(29)26-16-20-10-5-13-30-20/h1-10,13-14H,11-12,15-16H2,(H,24,28)(H,25,27)(H,26,29). The predicted octanol–water partition coefficient (Wildman–Crippen LogP) is 2.65. The topological polar surface area (TPSA) is 100 Å². The molecule has 3 rings (SSSR count). The smallest absolute Gasteiger partial charge is 0.251 e. The molecule has 3 amide bonds. The molecule has 30 heavy (non-hydrogen) atoms. The molecule has 1 heterocycles. The highest BCUT2D eigenvalue weighted by Gasteiger charge is 2.09. The van der Waals surface area contributed by atoms with Crippen LogP contribution in [-0.4, -0.2) is 24.3 Å². The molecule has 3 aromatic rings. The second-order valence-electron chi connectivity index (χ2n) is 6.61. The zero-order valence-corrected chi connectivity index (χ0v) is 16.4. The van der Waals surface area contributed by atoms with Crippen LogP contribution in [0.1, 0.15) is 38.5 Å². The normalized spacial score (nSPS) is 10.3. The largest absolute Gasteiger partial charge is 0.467 e. The Morgan fingerprint density at radius 3 is 2.27 bits per heavy atom. The molecule has 154 valence electrons. The van der Waals surface area contributed by atoms with Crippen LogP contribution in [0.4, 0.5) is 0 Å². The Hall–Kier alpha value is -3.87. The maximum Gasteiger partial charge on any atom is 0.251 e. The van der Waals surface area contributed by atoms with E-state index in [0.29, 0.717) is 30.0 Å². The first-order valence-electron chi connectivity index (χ1n) is 9.61. The van der Waals surface area contributed by atoms with Crippen molar-refractivity contribution in [3.63, 3.8) is 0 Å². The molecule has 2 aromatic carbocycles. The van der Waals surface area contributed by atoms with Gasteiger partial charge in [0.15, 0.2) is 0 Å². The molecular weight excluding hydrogens is 382 g/mol. The zero-order valence-electron chi connectivity index (χ0n) is 16.4. The molecule has 0 radical (unpaired) electrons. The highest BCUT2D eigenvalue weighted by molar-refractivity contribution is 5.94. The van der Waals surface area contributed by atoms with Gasteiger partial charge in [0.05, 0.1) is 12.8 Å². The fourth-order valence-electron chi connectivity index (χ4n) is 2.78. The minimum atomic E-state index is -0.219. The Morgan fingerprint density at radius 1 is 0.733 bits per heavy atom. The van der Waals surface area contributed by atoms with Crippen LogP contribution in [0.2, 0.25) is 0 Å². The number of hydrogen-bond donors (Lipinski definition) is 3. The van der Waals surface area contributed by atoms with E-state index in [1.165, 1.54) is 0 Å². The highest BCUT2D eigenvalue weighted by Crippen LogP contribution is 2.07. The minimum Gasteiger partial charge on any atom is -0.467 e. The lowest BCUT2D eigenvalue weighted by atomic mass is 10.1. The molecule has 1 aromatic heterocycles. The van der Waals surface area contributed by atoms with E-state index >= 15 is 0 Å². The molecule has 7 nitrogen and oxygen atoms in total. The molecule has 0 aliphatic rings. The lowest BCUT2D eigenvalue weighted by Gasteiger charge is -2.09. The number of furan rings is 1. The van der Waals surface area contributed by atoms with Gasteiger partial charge in [-0.15, -0.1) is 0 Å². The third-order valence-electron chi connectivity index (χ3n) is 4.36. The second-order valence-corrected chi connectivity index (χ2v) is 6.61. The van der Waals surface area contributed by atoms with Gasteiger partial charge >= 0.3 is 0 Å². The van der Waals surface area contributed by atoms with Crippen molar-refractivity contribution in [3.05, 3.63) is 95.4 Å². The molecule has 0 unspecified atom stereocenters. The molecule has 0 atom stereocenters. The summed E-state index contributed by atoms with van der Waals surface area (Å²) in [6.07, 6.45) is 1.72. The van der Waals surface area contributed by atoms with Gasteiger partial charge in [-0.1, -0.05) is 30.3 Å². The van der Waals surface area contributed by atoms with Crippen molar-refractivity contribution in [2.45, 2.75) is 19.5 Å². The fourth-order valence-corrected chi connectivity index (χ4v) is 2.78. The Labute approximate surface area is 174 Å². The maximum absolute atomic E-state index is 12.3. The number of rotatable bonds is 9. The van der Waals surface area contributed by atoms with Crippen molar-refractivity contribution in [3.8, 4) is 0 Å². The van der Waals surface area contributed by atoms with Crippen LogP contribution in [0.25, 0.3) is 0 Å². The third-order valence-corrected chi connectivity index (χ3v) is 4.36. The average Bonchev–Trinajstić information content (AvgIpc) is 3.30. The monoisotopic (exact) mass is 405 g/mol. The van der Waals surface area contributed by atoms with Crippen molar-refractivity contribution in [2.75, 3.05) is 6.54 Å². The van der Waals surface area contributed by atoms with Crippen molar-refractivity contribution >= 4 is 17.7 Å². The van der Waals surface area contributed by atoms with Crippen molar-refractivity contribution < 1.29 is 18.8 Å². The Balaban J connectivity index is 1.40. The summed E-state index contributed by atoms with van der Waals surface area (Å²) in [5, 5.41) is 8.30. The zero-order chi connectivity index (χ0) is 21.2. The summed E-state index contributed by atoms with van der Waals surface area (Å²) in [4.78, 5) is 36.3. The molecular formula is C23H23N3O4. The number of carbonyl (C=O) groups is 3. The van der Waals surface area contributed by atoms with Gasteiger partial charge in [-0.05, 0) is 42.0 Å². The van der Waals surface area contributed by atoms with Gasteiger partial charge in [0, 0.05) is 30.6 Å².